The van der Waals surface area contributed by atoms with Crippen molar-refractivity contribution < 1.29 is 28.6 Å². The van der Waals surface area contributed by atoms with Gasteiger partial charge in [0.25, 0.3) is 0 Å². The molecule has 0 aliphatic heterocycles. The minimum Gasteiger partial charge on any atom is -0.494 e. The van der Waals surface area contributed by atoms with Crippen molar-refractivity contribution in [2.24, 2.45) is 0 Å². The molecule has 0 saturated carbocycles. The van der Waals surface area contributed by atoms with Crippen LogP contribution in [-0.2, 0) is 4.79 Å². The molecule has 2 rings (SSSR count). The minimum absolute atomic E-state index is 0.0756. The van der Waals surface area contributed by atoms with Crippen LogP contribution in [0.3, 0.4) is 0 Å². The summed E-state index contributed by atoms with van der Waals surface area (Å²) < 4.78 is 24.3. The molecule has 0 aliphatic carbocycles. The summed E-state index contributed by atoms with van der Waals surface area (Å²) >= 11 is 0. The zero-order valence-electron chi connectivity index (χ0n) is 16.5. The van der Waals surface area contributed by atoms with Gasteiger partial charge in [-0.2, -0.15) is 0 Å². The van der Waals surface area contributed by atoms with Crippen LogP contribution < -0.4 is 9.47 Å². The van der Waals surface area contributed by atoms with Crippen LogP contribution in [0.1, 0.15) is 40.9 Å². The number of hydrogen-bond acceptors (Lipinski definition) is 4. The fraction of sp³-hybridized carbons (Fsp3) is 0.273. The maximum atomic E-state index is 13.8. The Bertz CT molecular complexity index is 921. The molecule has 0 bridgehead atoms. The fourth-order valence-corrected chi connectivity index (χ4v) is 2.63. The van der Waals surface area contributed by atoms with E-state index in [2.05, 4.69) is 0 Å². The number of rotatable bonds is 7. The molecule has 2 aromatic rings. The maximum absolute atomic E-state index is 13.8. The van der Waals surface area contributed by atoms with Crippen molar-refractivity contribution in [3.63, 3.8) is 0 Å². The van der Waals surface area contributed by atoms with Gasteiger partial charge in [0.05, 0.1) is 7.11 Å². The number of ketones is 1. The Morgan fingerprint density at radius 3 is 2.21 bits per heavy atom. The third-order valence-corrected chi connectivity index (χ3v) is 4.22. The highest BCUT2D eigenvalue weighted by Crippen LogP contribution is 2.29. The fourth-order valence-electron chi connectivity index (χ4n) is 2.63. The van der Waals surface area contributed by atoms with Crippen LogP contribution in [0.15, 0.2) is 36.4 Å². The lowest BCUT2D eigenvalue weighted by Crippen LogP contribution is -2.38. The molecule has 0 fully saturated rings. The smallest absolute Gasteiger partial charge is 0.347 e. The first-order valence-corrected chi connectivity index (χ1v) is 8.64. The lowest BCUT2D eigenvalue weighted by Gasteiger charge is -2.24. The van der Waals surface area contributed by atoms with E-state index >= 15 is 0 Å². The zero-order chi connectivity index (χ0) is 21.1. The molecule has 0 aromatic heterocycles. The van der Waals surface area contributed by atoms with E-state index in [1.807, 2.05) is 0 Å². The number of carbonyl (C=O) groups excluding carboxylic acids is 1. The van der Waals surface area contributed by atoms with Gasteiger partial charge >= 0.3 is 5.97 Å². The topological polar surface area (TPSA) is 72.8 Å². The molecular formula is C22H23FO5. The highest BCUT2D eigenvalue weighted by molar-refractivity contribution is 6.06. The quantitative estimate of drug-likeness (QED) is 0.557. The number of ether oxygens (including phenoxy) is 2. The molecule has 6 heteroatoms. The van der Waals surface area contributed by atoms with Gasteiger partial charge in [0.1, 0.15) is 5.75 Å². The summed E-state index contributed by atoms with van der Waals surface area (Å²) in [5.41, 5.74) is 1.10. The van der Waals surface area contributed by atoms with Gasteiger partial charge in [-0.25, -0.2) is 9.18 Å². The van der Waals surface area contributed by atoms with E-state index in [9.17, 15) is 19.1 Å². The van der Waals surface area contributed by atoms with Crippen molar-refractivity contribution in [1.29, 1.82) is 0 Å². The molecule has 0 heterocycles. The number of benzene rings is 2. The molecule has 0 atom stereocenters. The van der Waals surface area contributed by atoms with Crippen LogP contribution in [-0.4, -0.2) is 29.6 Å². The number of methoxy groups -OCH3 is 1. The van der Waals surface area contributed by atoms with Crippen LogP contribution >= 0.6 is 0 Å². The number of allylic oxidation sites excluding steroid dienone is 1. The van der Waals surface area contributed by atoms with Crippen molar-refractivity contribution >= 4 is 17.8 Å². The van der Waals surface area contributed by atoms with Crippen molar-refractivity contribution in [3.8, 4) is 11.5 Å². The zero-order valence-corrected chi connectivity index (χ0v) is 16.5. The van der Waals surface area contributed by atoms with Gasteiger partial charge < -0.3 is 14.6 Å². The second-order valence-electron chi connectivity index (χ2n) is 6.95. The molecule has 5 nitrogen and oxygen atoms in total. The van der Waals surface area contributed by atoms with Gasteiger partial charge in [-0.15, -0.1) is 0 Å². The Kier molecular flexibility index (Phi) is 6.23. The van der Waals surface area contributed by atoms with Crippen molar-refractivity contribution in [1.82, 2.24) is 0 Å². The molecule has 1 N–H and O–H groups in total. The summed E-state index contributed by atoms with van der Waals surface area (Å²) in [7, 11) is 1.36. The van der Waals surface area contributed by atoms with Gasteiger partial charge in [-0.1, -0.05) is 6.08 Å². The van der Waals surface area contributed by atoms with E-state index in [0.29, 0.717) is 5.75 Å². The van der Waals surface area contributed by atoms with Crippen LogP contribution in [0, 0.1) is 19.7 Å². The standard InChI is InChI=1S/C22H23FO5/c1-13-10-15(11-14(2)20(13)28-22(3,4)21(25)26)6-8-18(24)16-7-9-19(27-5)17(23)12-16/h6-12H,1-5H3,(H,25,26). The van der Waals surface area contributed by atoms with Crippen molar-refractivity contribution in [2.75, 3.05) is 7.11 Å². The summed E-state index contributed by atoms with van der Waals surface area (Å²) in [6, 6.07) is 7.61. The Morgan fingerprint density at radius 1 is 1.11 bits per heavy atom. The van der Waals surface area contributed by atoms with E-state index < -0.39 is 17.4 Å². The first kappa shape index (κ1) is 21.2. The van der Waals surface area contributed by atoms with Gasteiger partial charge in [-0.05, 0) is 80.8 Å². The second-order valence-corrected chi connectivity index (χ2v) is 6.95. The predicted molar refractivity (Wildman–Crippen MR) is 105 cm³/mol. The normalized spacial score (nSPS) is 11.5. The lowest BCUT2D eigenvalue weighted by atomic mass is 10.0. The van der Waals surface area contributed by atoms with Gasteiger partial charge in [-0.3, -0.25) is 4.79 Å². The number of hydrogen-bond donors (Lipinski definition) is 1. The van der Waals surface area contributed by atoms with E-state index in [-0.39, 0.29) is 17.1 Å². The molecule has 0 amide bonds. The molecule has 0 radical (unpaired) electrons. The number of carbonyl (C=O) groups is 2. The molecule has 0 aliphatic rings. The van der Waals surface area contributed by atoms with Gasteiger partial charge in [0.15, 0.2) is 23.0 Å². The van der Waals surface area contributed by atoms with E-state index in [1.165, 1.54) is 39.2 Å². The summed E-state index contributed by atoms with van der Waals surface area (Å²) in [6.45, 7) is 6.57. The van der Waals surface area contributed by atoms with E-state index in [1.54, 1.807) is 32.1 Å². The van der Waals surface area contributed by atoms with Gasteiger partial charge in [0, 0.05) is 5.56 Å². The maximum Gasteiger partial charge on any atom is 0.347 e. The average molecular weight is 386 g/mol. The van der Waals surface area contributed by atoms with Crippen LogP contribution in [0.25, 0.3) is 6.08 Å². The Hall–Kier alpha value is -3.15. The molecule has 28 heavy (non-hydrogen) atoms. The summed E-state index contributed by atoms with van der Waals surface area (Å²) in [4.78, 5) is 23.6. The van der Waals surface area contributed by atoms with Gasteiger partial charge in [0.2, 0.25) is 0 Å². The average Bonchev–Trinajstić information content (AvgIpc) is 2.62. The summed E-state index contributed by atoms with van der Waals surface area (Å²) in [5, 5.41) is 9.24. The molecule has 0 saturated heterocycles. The van der Waals surface area contributed by atoms with Crippen molar-refractivity contribution in [2.45, 2.75) is 33.3 Å². The highest BCUT2D eigenvalue weighted by atomic mass is 19.1. The van der Waals surface area contributed by atoms with Crippen LogP contribution in [0.4, 0.5) is 4.39 Å². The summed E-state index contributed by atoms with van der Waals surface area (Å²) in [5.74, 6) is -1.44. The van der Waals surface area contributed by atoms with E-state index in [0.717, 1.165) is 22.8 Å². The molecule has 0 unspecified atom stereocenters. The predicted octanol–water partition coefficient (Wildman–Crippen LogP) is 4.59. The number of aliphatic carboxylic acids is 1. The molecule has 148 valence electrons. The van der Waals surface area contributed by atoms with Crippen molar-refractivity contribution in [3.05, 3.63) is 64.5 Å². The number of halogens is 1. The summed E-state index contributed by atoms with van der Waals surface area (Å²) in [6.07, 6.45) is 2.98. The van der Waals surface area contributed by atoms with Crippen LogP contribution in [0.2, 0.25) is 0 Å². The Labute approximate surface area is 163 Å². The second kappa shape index (κ2) is 8.25. The Morgan fingerprint density at radius 2 is 1.71 bits per heavy atom. The monoisotopic (exact) mass is 386 g/mol. The SMILES string of the molecule is COc1ccc(C(=O)C=Cc2cc(C)c(OC(C)(C)C(=O)O)c(C)c2)cc1F. The highest BCUT2D eigenvalue weighted by Gasteiger charge is 2.30. The number of carboxylic acid groups (broad SMARTS) is 1. The van der Waals surface area contributed by atoms with Crippen LogP contribution in [0.5, 0.6) is 11.5 Å². The molecular weight excluding hydrogens is 363 g/mol. The number of carboxylic acids is 1. The number of aryl methyl sites for hydroxylation is 2. The first-order chi connectivity index (χ1) is 13.0. The molecule has 2 aromatic carbocycles. The first-order valence-electron chi connectivity index (χ1n) is 8.64. The third kappa shape index (κ3) is 4.76. The molecule has 0 spiro atoms. The Balaban J connectivity index is 2.24. The lowest BCUT2D eigenvalue weighted by molar-refractivity contribution is -0.152. The largest absolute Gasteiger partial charge is 0.494 e. The minimum atomic E-state index is -1.36. The third-order valence-electron chi connectivity index (χ3n) is 4.22. The van der Waals surface area contributed by atoms with E-state index in [4.69, 9.17) is 9.47 Å².